The fraction of sp³-hybridized carbons (Fsp3) is 0.462. The molecule has 2 aromatic rings. The summed E-state index contributed by atoms with van der Waals surface area (Å²) in [5.41, 5.74) is 1.75. The van der Waals surface area contributed by atoms with E-state index >= 15 is 0 Å². The van der Waals surface area contributed by atoms with Crippen LogP contribution >= 0.6 is 11.6 Å². The zero-order chi connectivity index (χ0) is 25.5. The van der Waals surface area contributed by atoms with Crippen molar-refractivity contribution in [3.05, 3.63) is 64.4 Å². The van der Waals surface area contributed by atoms with E-state index in [1.165, 1.54) is 12.1 Å². The van der Waals surface area contributed by atoms with Crippen LogP contribution in [0.5, 0.6) is 5.75 Å². The van der Waals surface area contributed by atoms with Gasteiger partial charge in [0.15, 0.2) is 6.61 Å². The van der Waals surface area contributed by atoms with E-state index in [9.17, 15) is 14.0 Å². The van der Waals surface area contributed by atoms with Gasteiger partial charge in [-0.1, -0.05) is 23.7 Å². The first-order valence-electron chi connectivity index (χ1n) is 11.7. The highest BCUT2D eigenvalue weighted by Gasteiger charge is 2.32. The Bertz CT molecular complexity index is 1020. The third kappa shape index (κ3) is 7.92. The van der Waals surface area contributed by atoms with E-state index in [0.29, 0.717) is 36.0 Å². The molecular weight excluding hydrogens is 471 g/mol. The Morgan fingerprint density at radius 1 is 1.11 bits per heavy atom. The highest BCUT2D eigenvalue weighted by atomic mass is 35.5. The first-order valence-corrected chi connectivity index (χ1v) is 12.1. The number of piperazine rings is 1. The maximum atomic E-state index is 13.2. The average Bonchev–Trinajstić information content (AvgIpc) is 2.80. The van der Waals surface area contributed by atoms with Gasteiger partial charge in [-0.15, -0.1) is 0 Å². The molecule has 0 aliphatic carbocycles. The van der Waals surface area contributed by atoms with Crippen LogP contribution in [-0.4, -0.2) is 78.9 Å². The van der Waals surface area contributed by atoms with E-state index in [1.807, 2.05) is 25.9 Å². The summed E-state index contributed by atoms with van der Waals surface area (Å²) in [6.07, 6.45) is 0. The van der Waals surface area contributed by atoms with Gasteiger partial charge in [0.2, 0.25) is 5.91 Å². The smallest absolute Gasteiger partial charge is 0.260 e. The first kappa shape index (κ1) is 26.9. The molecule has 1 heterocycles. The molecule has 0 saturated carbocycles. The van der Waals surface area contributed by atoms with Gasteiger partial charge in [0.25, 0.3) is 5.91 Å². The number of hydrogen-bond acceptors (Lipinski definition) is 5. The maximum Gasteiger partial charge on any atom is 0.260 e. The Balaban J connectivity index is 1.56. The summed E-state index contributed by atoms with van der Waals surface area (Å²) >= 11 is 6.14. The monoisotopic (exact) mass is 504 g/mol. The lowest BCUT2D eigenvalue weighted by atomic mass is 10.1. The number of benzene rings is 2. The molecule has 0 spiro atoms. The van der Waals surface area contributed by atoms with Crippen LogP contribution in [0.25, 0.3) is 0 Å². The molecule has 1 N–H and O–H groups in total. The number of likely N-dealkylation sites (N-methyl/N-ethyl adjacent to an activating group) is 1. The minimum absolute atomic E-state index is 0.0118. The van der Waals surface area contributed by atoms with Gasteiger partial charge in [-0.2, -0.15) is 0 Å². The number of halogens is 2. The van der Waals surface area contributed by atoms with Gasteiger partial charge < -0.3 is 19.9 Å². The van der Waals surface area contributed by atoms with Gasteiger partial charge in [0.1, 0.15) is 11.6 Å². The standard InChI is InChI=1S/C26H34ClFN4O3/c1-18-14-32(19(2)13-31(18)15-20-5-8-23(28)9-6-20)26(34)17-35-24-10-7-22(27)11-21(24)12-29-25(33)16-30(3)4/h5-11,18-19H,12-17H2,1-4H3,(H,29,33)/t18-,19+/m0/s1. The highest BCUT2D eigenvalue weighted by molar-refractivity contribution is 6.30. The van der Waals surface area contributed by atoms with Gasteiger partial charge in [-0.05, 0) is 63.8 Å². The molecular formula is C26H34ClFN4O3. The molecule has 2 aromatic carbocycles. The number of carbonyl (C=O) groups is 2. The SMILES string of the molecule is C[C@@H]1CN(Cc2ccc(F)cc2)[C@@H](C)CN1C(=O)COc1ccc(Cl)cc1CNC(=O)CN(C)C. The Morgan fingerprint density at radius 3 is 2.51 bits per heavy atom. The lowest BCUT2D eigenvalue weighted by Crippen LogP contribution is -2.58. The van der Waals surface area contributed by atoms with Gasteiger partial charge in [-0.25, -0.2) is 4.39 Å². The first-order chi connectivity index (χ1) is 16.6. The molecule has 0 aromatic heterocycles. The molecule has 1 saturated heterocycles. The molecule has 190 valence electrons. The summed E-state index contributed by atoms with van der Waals surface area (Å²) < 4.78 is 19.1. The number of rotatable bonds is 9. The fourth-order valence-corrected chi connectivity index (χ4v) is 4.37. The lowest BCUT2D eigenvalue weighted by Gasteiger charge is -2.44. The quantitative estimate of drug-likeness (QED) is 0.568. The zero-order valence-electron chi connectivity index (χ0n) is 20.8. The van der Waals surface area contributed by atoms with Crippen molar-refractivity contribution in [1.82, 2.24) is 20.0 Å². The summed E-state index contributed by atoms with van der Waals surface area (Å²) in [5.74, 6) is 0.0653. The summed E-state index contributed by atoms with van der Waals surface area (Å²) in [4.78, 5) is 31.0. The van der Waals surface area contributed by atoms with Crippen LogP contribution in [0.1, 0.15) is 25.0 Å². The summed E-state index contributed by atoms with van der Waals surface area (Å²) in [6.45, 7) is 6.55. The molecule has 1 aliphatic heterocycles. The number of nitrogens with zero attached hydrogens (tertiary/aromatic N) is 3. The summed E-state index contributed by atoms with van der Waals surface area (Å²) in [6, 6.07) is 11.8. The van der Waals surface area contributed by atoms with Crippen molar-refractivity contribution < 1.29 is 18.7 Å². The molecule has 3 rings (SSSR count). The Kier molecular flexibility index (Phi) is 9.48. The van der Waals surface area contributed by atoms with Crippen molar-refractivity contribution >= 4 is 23.4 Å². The minimum Gasteiger partial charge on any atom is -0.483 e. The molecule has 2 atom stereocenters. The van der Waals surface area contributed by atoms with Crippen molar-refractivity contribution in [3.63, 3.8) is 0 Å². The van der Waals surface area contributed by atoms with Crippen LogP contribution in [-0.2, 0) is 22.7 Å². The van der Waals surface area contributed by atoms with Crippen LogP contribution in [0, 0.1) is 5.82 Å². The van der Waals surface area contributed by atoms with E-state index in [2.05, 4.69) is 17.1 Å². The van der Waals surface area contributed by atoms with Crippen LogP contribution in [0.15, 0.2) is 42.5 Å². The van der Waals surface area contributed by atoms with Crippen molar-refractivity contribution in [2.24, 2.45) is 0 Å². The van der Waals surface area contributed by atoms with E-state index in [-0.39, 0.29) is 49.4 Å². The molecule has 35 heavy (non-hydrogen) atoms. The molecule has 0 radical (unpaired) electrons. The van der Waals surface area contributed by atoms with Crippen molar-refractivity contribution in [2.75, 3.05) is 40.3 Å². The number of nitrogens with one attached hydrogen (secondary N) is 1. The molecule has 2 amide bonds. The van der Waals surface area contributed by atoms with Gasteiger partial charge in [0, 0.05) is 48.8 Å². The number of hydrogen-bond donors (Lipinski definition) is 1. The predicted molar refractivity (Wildman–Crippen MR) is 135 cm³/mol. The highest BCUT2D eigenvalue weighted by Crippen LogP contribution is 2.24. The second-order valence-corrected chi connectivity index (χ2v) is 9.79. The van der Waals surface area contributed by atoms with Gasteiger partial charge >= 0.3 is 0 Å². The number of amides is 2. The topological polar surface area (TPSA) is 65.1 Å². The molecule has 9 heteroatoms. The average molecular weight is 505 g/mol. The third-order valence-corrected chi connectivity index (χ3v) is 6.28. The fourth-order valence-electron chi connectivity index (χ4n) is 4.18. The van der Waals surface area contributed by atoms with Crippen molar-refractivity contribution in [1.29, 1.82) is 0 Å². The van der Waals surface area contributed by atoms with E-state index in [4.69, 9.17) is 16.3 Å². The molecule has 7 nitrogen and oxygen atoms in total. The summed E-state index contributed by atoms with van der Waals surface area (Å²) in [7, 11) is 3.65. The van der Waals surface area contributed by atoms with Crippen LogP contribution < -0.4 is 10.1 Å². The van der Waals surface area contributed by atoms with Crippen molar-refractivity contribution in [3.8, 4) is 5.75 Å². The molecule has 1 fully saturated rings. The van der Waals surface area contributed by atoms with E-state index < -0.39 is 0 Å². The zero-order valence-corrected chi connectivity index (χ0v) is 21.5. The second kappa shape index (κ2) is 12.3. The van der Waals surface area contributed by atoms with Gasteiger partial charge in [-0.3, -0.25) is 14.5 Å². The summed E-state index contributed by atoms with van der Waals surface area (Å²) in [5, 5.41) is 3.38. The Morgan fingerprint density at radius 2 is 1.83 bits per heavy atom. The van der Waals surface area contributed by atoms with Crippen LogP contribution in [0.2, 0.25) is 5.02 Å². The van der Waals surface area contributed by atoms with Crippen LogP contribution in [0.3, 0.4) is 0 Å². The largest absolute Gasteiger partial charge is 0.483 e. The van der Waals surface area contributed by atoms with Crippen LogP contribution in [0.4, 0.5) is 4.39 Å². The number of carbonyl (C=O) groups excluding carboxylic acids is 2. The lowest BCUT2D eigenvalue weighted by molar-refractivity contribution is -0.139. The minimum atomic E-state index is -0.245. The second-order valence-electron chi connectivity index (χ2n) is 9.36. The normalized spacial score (nSPS) is 18.5. The molecule has 1 aliphatic rings. The van der Waals surface area contributed by atoms with E-state index in [0.717, 1.165) is 5.56 Å². The molecule has 0 bridgehead atoms. The van der Waals surface area contributed by atoms with E-state index in [1.54, 1.807) is 35.2 Å². The number of ether oxygens (including phenoxy) is 1. The van der Waals surface area contributed by atoms with Gasteiger partial charge in [0.05, 0.1) is 6.54 Å². The van der Waals surface area contributed by atoms with Crippen molar-refractivity contribution in [2.45, 2.75) is 39.0 Å². The predicted octanol–water partition coefficient (Wildman–Crippen LogP) is 3.16. The Hall–Kier alpha value is -2.68. The third-order valence-electron chi connectivity index (χ3n) is 6.04. The molecule has 0 unspecified atom stereocenters. The Labute approximate surface area is 211 Å². The maximum absolute atomic E-state index is 13.2.